The first kappa shape index (κ1) is 23.9. The normalized spacial score (nSPS) is 14.5. The molecule has 0 atom stereocenters. The molecule has 0 saturated heterocycles. The largest absolute Gasteiger partial charge is 0.444 e. The second kappa shape index (κ2) is 9.42. The van der Waals surface area contributed by atoms with Crippen LogP contribution in [0.2, 0.25) is 25.7 Å². The molecule has 170 valence electrons. The Morgan fingerprint density at radius 3 is 2.68 bits per heavy atom. The first-order valence-corrected chi connectivity index (χ1v) is 15.2. The van der Waals surface area contributed by atoms with Crippen molar-refractivity contribution in [2.45, 2.75) is 71.8 Å². The van der Waals surface area contributed by atoms with Gasteiger partial charge in [-0.1, -0.05) is 35.6 Å². The van der Waals surface area contributed by atoms with Gasteiger partial charge in [-0.25, -0.2) is 9.78 Å². The van der Waals surface area contributed by atoms with Gasteiger partial charge >= 0.3 is 6.09 Å². The SMILES string of the molecule is CC(C)(C)OC(=O)N1CCc2nc(-c3cc(Br)ccn3)n(COCC[Si](C)(C)C)c2C1. The molecular formula is C22H33BrN4O3Si. The maximum absolute atomic E-state index is 12.7. The second-order valence-corrected chi connectivity index (χ2v) is 16.7. The van der Waals surface area contributed by atoms with Crippen molar-refractivity contribution in [3.05, 3.63) is 34.2 Å². The van der Waals surface area contributed by atoms with Gasteiger partial charge in [0.1, 0.15) is 18.0 Å². The third-order valence-corrected chi connectivity index (χ3v) is 7.13. The van der Waals surface area contributed by atoms with Crippen LogP contribution in [0, 0.1) is 0 Å². The third kappa shape index (κ3) is 6.63. The van der Waals surface area contributed by atoms with Crippen molar-refractivity contribution >= 4 is 30.1 Å². The van der Waals surface area contributed by atoms with Gasteiger partial charge in [0.15, 0.2) is 5.82 Å². The average molecular weight is 510 g/mol. The zero-order chi connectivity index (χ0) is 22.8. The Labute approximate surface area is 194 Å². The molecule has 0 bridgehead atoms. The van der Waals surface area contributed by atoms with E-state index in [1.165, 1.54) is 0 Å². The zero-order valence-corrected chi connectivity index (χ0v) is 22.0. The summed E-state index contributed by atoms with van der Waals surface area (Å²) in [7, 11) is -1.18. The van der Waals surface area contributed by atoms with Crippen LogP contribution in [0.25, 0.3) is 11.5 Å². The van der Waals surface area contributed by atoms with Crippen LogP contribution in [0.5, 0.6) is 0 Å². The summed E-state index contributed by atoms with van der Waals surface area (Å²) in [6, 6.07) is 4.95. The van der Waals surface area contributed by atoms with Gasteiger partial charge in [0, 0.05) is 38.3 Å². The van der Waals surface area contributed by atoms with Crippen LogP contribution in [-0.2, 0) is 29.2 Å². The number of carbonyl (C=O) groups is 1. The Balaban J connectivity index is 1.87. The lowest BCUT2D eigenvalue weighted by Crippen LogP contribution is -2.40. The molecule has 3 heterocycles. The molecule has 1 amide bonds. The van der Waals surface area contributed by atoms with E-state index >= 15 is 0 Å². The molecule has 1 aliphatic heterocycles. The van der Waals surface area contributed by atoms with Gasteiger partial charge in [0.25, 0.3) is 0 Å². The van der Waals surface area contributed by atoms with E-state index in [-0.39, 0.29) is 6.09 Å². The van der Waals surface area contributed by atoms with Crippen LogP contribution in [-0.4, -0.2) is 52.4 Å². The highest BCUT2D eigenvalue weighted by Crippen LogP contribution is 2.28. The summed E-state index contributed by atoms with van der Waals surface area (Å²) in [6.07, 6.45) is 2.14. The Morgan fingerprint density at radius 1 is 1.29 bits per heavy atom. The number of pyridine rings is 1. The summed E-state index contributed by atoms with van der Waals surface area (Å²) in [4.78, 5) is 23.8. The van der Waals surface area contributed by atoms with Crippen LogP contribution in [0.3, 0.4) is 0 Å². The standard InChI is InChI=1S/C22H33BrN4O3Si/c1-22(2,3)30-21(28)26-10-8-17-19(14-26)27(15-29-11-12-31(4,5)6)20(25-17)18-13-16(23)7-9-24-18/h7,9,13H,8,10-12,14-15H2,1-6H3. The lowest BCUT2D eigenvalue weighted by molar-refractivity contribution is 0.0208. The van der Waals surface area contributed by atoms with E-state index < -0.39 is 13.7 Å². The van der Waals surface area contributed by atoms with Crippen LogP contribution >= 0.6 is 15.9 Å². The van der Waals surface area contributed by atoms with Crippen molar-refractivity contribution in [1.82, 2.24) is 19.4 Å². The number of imidazole rings is 1. The van der Waals surface area contributed by atoms with Crippen LogP contribution in [0.15, 0.2) is 22.8 Å². The van der Waals surface area contributed by atoms with Crippen molar-refractivity contribution < 1.29 is 14.3 Å². The number of ether oxygens (including phenoxy) is 2. The number of nitrogens with zero attached hydrogens (tertiary/aromatic N) is 4. The van der Waals surface area contributed by atoms with E-state index in [0.29, 0.717) is 32.8 Å². The minimum Gasteiger partial charge on any atom is -0.444 e. The van der Waals surface area contributed by atoms with Gasteiger partial charge < -0.3 is 18.9 Å². The van der Waals surface area contributed by atoms with Gasteiger partial charge in [-0.15, -0.1) is 0 Å². The molecule has 0 aliphatic carbocycles. The fraction of sp³-hybridized carbons (Fsp3) is 0.591. The molecule has 31 heavy (non-hydrogen) atoms. The highest BCUT2D eigenvalue weighted by atomic mass is 79.9. The lowest BCUT2D eigenvalue weighted by Gasteiger charge is -2.30. The molecule has 0 saturated carbocycles. The quantitative estimate of drug-likeness (QED) is 0.390. The lowest BCUT2D eigenvalue weighted by atomic mass is 10.1. The molecule has 9 heteroatoms. The van der Waals surface area contributed by atoms with Crippen molar-refractivity contribution in [3.63, 3.8) is 0 Å². The fourth-order valence-corrected chi connectivity index (χ4v) is 4.38. The summed E-state index contributed by atoms with van der Waals surface area (Å²) in [5.41, 5.74) is 2.23. The van der Waals surface area contributed by atoms with Gasteiger partial charge in [-0.3, -0.25) is 4.98 Å². The number of carbonyl (C=O) groups excluding carboxylic acids is 1. The Bertz CT molecular complexity index is 934. The van der Waals surface area contributed by atoms with Gasteiger partial charge in [0.05, 0.1) is 17.9 Å². The van der Waals surface area contributed by atoms with Crippen LogP contribution in [0.1, 0.15) is 32.2 Å². The number of fused-ring (bicyclic) bond motifs is 1. The molecule has 0 fully saturated rings. The Hall–Kier alpha value is -1.71. The molecule has 0 aromatic carbocycles. The number of aromatic nitrogens is 3. The van der Waals surface area contributed by atoms with Crippen LogP contribution in [0.4, 0.5) is 4.79 Å². The molecule has 0 unspecified atom stereocenters. The van der Waals surface area contributed by atoms with Crippen molar-refractivity contribution in [2.75, 3.05) is 13.2 Å². The van der Waals surface area contributed by atoms with E-state index in [2.05, 4.69) is 45.1 Å². The van der Waals surface area contributed by atoms with E-state index in [4.69, 9.17) is 14.5 Å². The fourth-order valence-electron chi connectivity index (χ4n) is 3.29. The summed E-state index contributed by atoms with van der Waals surface area (Å²) in [5, 5.41) is 0. The predicted octanol–water partition coefficient (Wildman–Crippen LogP) is 5.31. The highest BCUT2D eigenvalue weighted by Gasteiger charge is 2.30. The number of hydrogen-bond acceptors (Lipinski definition) is 5. The van der Waals surface area contributed by atoms with E-state index in [1.807, 2.05) is 32.9 Å². The molecule has 3 rings (SSSR count). The summed E-state index contributed by atoms with van der Waals surface area (Å²) < 4.78 is 14.7. The zero-order valence-electron chi connectivity index (χ0n) is 19.4. The van der Waals surface area contributed by atoms with Crippen molar-refractivity contribution in [3.8, 4) is 11.5 Å². The maximum Gasteiger partial charge on any atom is 0.410 e. The van der Waals surface area contributed by atoms with Gasteiger partial charge in [0.2, 0.25) is 0 Å². The Kier molecular flexibility index (Phi) is 7.27. The number of rotatable bonds is 6. The number of halogens is 1. The minimum absolute atomic E-state index is 0.298. The van der Waals surface area contributed by atoms with Gasteiger partial charge in [-0.05, 0) is 38.9 Å². The second-order valence-electron chi connectivity index (χ2n) is 10.1. The molecule has 7 nitrogen and oxygen atoms in total. The number of amides is 1. The molecule has 0 spiro atoms. The predicted molar refractivity (Wildman–Crippen MR) is 128 cm³/mol. The van der Waals surface area contributed by atoms with Gasteiger partial charge in [-0.2, -0.15) is 0 Å². The highest BCUT2D eigenvalue weighted by molar-refractivity contribution is 9.10. The van der Waals surface area contributed by atoms with Crippen molar-refractivity contribution in [1.29, 1.82) is 0 Å². The van der Waals surface area contributed by atoms with E-state index in [0.717, 1.165) is 33.4 Å². The molecular weight excluding hydrogens is 476 g/mol. The molecule has 0 radical (unpaired) electrons. The summed E-state index contributed by atoms with van der Waals surface area (Å²) in [5.74, 6) is 0.769. The van der Waals surface area contributed by atoms with Crippen LogP contribution < -0.4 is 0 Å². The topological polar surface area (TPSA) is 69.5 Å². The molecule has 0 N–H and O–H groups in total. The Morgan fingerprint density at radius 2 is 2.03 bits per heavy atom. The average Bonchev–Trinajstić information content (AvgIpc) is 3.01. The maximum atomic E-state index is 12.7. The first-order valence-electron chi connectivity index (χ1n) is 10.7. The first-order chi connectivity index (χ1) is 14.4. The minimum atomic E-state index is -1.18. The van der Waals surface area contributed by atoms with E-state index in [9.17, 15) is 4.79 Å². The molecule has 2 aromatic heterocycles. The molecule has 2 aromatic rings. The smallest absolute Gasteiger partial charge is 0.410 e. The summed E-state index contributed by atoms with van der Waals surface area (Å²) in [6.45, 7) is 14.8. The van der Waals surface area contributed by atoms with E-state index in [1.54, 1.807) is 11.1 Å². The van der Waals surface area contributed by atoms with Crippen molar-refractivity contribution in [2.24, 2.45) is 0 Å². The number of hydrogen-bond donors (Lipinski definition) is 0. The molecule has 1 aliphatic rings. The monoisotopic (exact) mass is 508 g/mol. The third-order valence-electron chi connectivity index (χ3n) is 4.93. The summed E-state index contributed by atoms with van der Waals surface area (Å²) >= 11 is 3.52.